The van der Waals surface area contributed by atoms with E-state index in [1.54, 1.807) is 0 Å². The third-order valence-corrected chi connectivity index (χ3v) is 4.20. The number of ether oxygens (including phenoxy) is 1. The predicted octanol–water partition coefficient (Wildman–Crippen LogP) is 0.422. The molecule has 1 atom stereocenters. The van der Waals surface area contributed by atoms with Crippen LogP contribution in [0.4, 0.5) is 5.95 Å². The molecule has 1 aliphatic rings. The average Bonchev–Trinajstić information content (AvgIpc) is 2.64. The molecule has 2 rings (SSSR count). The lowest BCUT2D eigenvalue weighted by atomic mass is 10.0. The van der Waals surface area contributed by atoms with Gasteiger partial charge in [0.15, 0.2) is 0 Å². The lowest BCUT2D eigenvalue weighted by Gasteiger charge is -2.34. The molecule has 0 spiro atoms. The highest BCUT2D eigenvalue weighted by Gasteiger charge is 2.27. The summed E-state index contributed by atoms with van der Waals surface area (Å²) in [6, 6.07) is -0.696. The molecule has 0 radical (unpaired) electrons. The molecule has 10 heteroatoms. The lowest BCUT2D eigenvalue weighted by Crippen LogP contribution is -2.51. The number of aromatic nitrogens is 2. The SMILES string of the molecule is CC(C)(C)OC[C@H](NC1CCN(c2ncc(C(=O)NO)cn2)CC1)C(=O)O. The summed E-state index contributed by atoms with van der Waals surface area (Å²) in [7, 11) is 0. The van der Waals surface area contributed by atoms with Gasteiger partial charge in [0.2, 0.25) is 5.95 Å². The summed E-state index contributed by atoms with van der Waals surface area (Å²) in [5.74, 6) is -1.10. The topological polar surface area (TPSA) is 137 Å². The maximum Gasteiger partial charge on any atom is 0.323 e. The number of piperidine rings is 1. The van der Waals surface area contributed by atoms with Crippen LogP contribution in [0.1, 0.15) is 44.0 Å². The van der Waals surface area contributed by atoms with Crippen molar-refractivity contribution in [2.45, 2.75) is 51.3 Å². The molecule has 150 valence electrons. The number of aliphatic carboxylic acids is 1. The summed E-state index contributed by atoms with van der Waals surface area (Å²) >= 11 is 0. The fourth-order valence-corrected chi connectivity index (χ4v) is 2.72. The molecule has 0 saturated carbocycles. The van der Waals surface area contributed by atoms with Gasteiger partial charge in [-0.2, -0.15) is 0 Å². The van der Waals surface area contributed by atoms with Gasteiger partial charge in [-0.1, -0.05) is 0 Å². The standard InChI is InChI=1S/C17H27N5O5/c1-17(2,3)27-10-13(15(24)25)20-12-4-6-22(7-5-12)16-18-8-11(9-19-16)14(23)21-26/h8-9,12-13,20,26H,4-7,10H2,1-3H3,(H,21,23)(H,24,25)/t13-/m0/s1. The van der Waals surface area contributed by atoms with Crippen LogP contribution in [0.2, 0.25) is 0 Å². The van der Waals surface area contributed by atoms with Gasteiger partial charge in [0.1, 0.15) is 6.04 Å². The average molecular weight is 381 g/mol. The largest absolute Gasteiger partial charge is 0.480 e. The third kappa shape index (κ3) is 6.42. The second-order valence-electron chi connectivity index (χ2n) is 7.45. The Balaban J connectivity index is 1.86. The molecule has 0 unspecified atom stereocenters. The number of amides is 1. The normalized spacial score (nSPS) is 16.8. The highest BCUT2D eigenvalue weighted by molar-refractivity contribution is 5.92. The van der Waals surface area contributed by atoms with E-state index < -0.39 is 23.5 Å². The first-order chi connectivity index (χ1) is 12.7. The molecule has 1 amide bonds. The number of carbonyl (C=O) groups excluding carboxylic acids is 1. The molecule has 4 N–H and O–H groups in total. The predicted molar refractivity (Wildman–Crippen MR) is 96.8 cm³/mol. The van der Waals surface area contributed by atoms with Crippen LogP contribution in [-0.4, -0.2) is 69.5 Å². The molecule has 1 aromatic rings. The molecule has 1 saturated heterocycles. The van der Waals surface area contributed by atoms with Crippen molar-refractivity contribution < 1.29 is 24.6 Å². The quantitative estimate of drug-likeness (QED) is 0.391. The van der Waals surface area contributed by atoms with E-state index in [2.05, 4.69) is 15.3 Å². The van der Waals surface area contributed by atoms with Crippen LogP contribution < -0.4 is 15.7 Å². The minimum Gasteiger partial charge on any atom is -0.480 e. The number of hydroxylamine groups is 1. The Hall–Kier alpha value is -2.30. The number of carboxylic acids is 1. The Morgan fingerprint density at radius 3 is 2.37 bits per heavy atom. The Morgan fingerprint density at radius 2 is 1.89 bits per heavy atom. The number of hydrogen-bond donors (Lipinski definition) is 4. The maximum atomic E-state index is 11.5. The molecule has 1 fully saturated rings. The fraction of sp³-hybridized carbons (Fsp3) is 0.647. The van der Waals surface area contributed by atoms with Crippen molar-refractivity contribution in [1.29, 1.82) is 0 Å². The summed E-state index contributed by atoms with van der Waals surface area (Å²) in [6.45, 7) is 7.10. The van der Waals surface area contributed by atoms with Crippen LogP contribution in [0.5, 0.6) is 0 Å². The van der Waals surface area contributed by atoms with Crippen LogP contribution in [0.15, 0.2) is 12.4 Å². The number of nitrogens with one attached hydrogen (secondary N) is 2. The molecule has 10 nitrogen and oxygen atoms in total. The van der Waals surface area contributed by atoms with E-state index in [1.165, 1.54) is 17.9 Å². The maximum absolute atomic E-state index is 11.5. The molecule has 1 aliphatic heterocycles. The van der Waals surface area contributed by atoms with Gasteiger partial charge < -0.3 is 14.7 Å². The van der Waals surface area contributed by atoms with E-state index in [4.69, 9.17) is 9.94 Å². The highest BCUT2D eigenvalue weighted by atomic mass is 16.5. The molecule has 0 bridgehead atoms. The number of hydrogen-bond acceptors (Lipinski definition) is 8. The zero-order chi connectivity index (χ0) is 20.0. The van der Waals surface area contributed by atoms with Crippen molar-refractivity contribution in [3.8, 4) is 0 Å². The van der Waals surface area contributed by atoms with E-state index >= 15 is 0 Å². The lowest BCUT2D eigenvalue weighted by molar-refractivity contribution is -0.143. The second-order valence-corrected chi connectivity index (χ2v) is 7.45. The molecule has 0 aliphatic carbocycles. The fourth-order valence-electron chi connectivity index (χ4n) is 2.72. The summed E-state index contributed by atoms with van der Waals surface area (Å²) in [4.78, 5) is 33.0. The number of nitrogens with zero attached hydrogens (tertiary/aromatic N) is 3. The van der Waals surface area contributed by atoms with Crippen molar-refractivity contribution in [3.63, 3.8) is 0 Å². The van der Waals surface area contributed by atoms with Gasteiger partial charge in [-0.15, -0.1) is 0 Å². The van der Waals surface area contributed by atoms with Crippen LogP contribution in [0.3, 0.4) is 0 Å². The first-order valence-electron chi connectivity index (χ1n) is 8.84. The molecule has 27 heavy (non-hydrogen) atoms. The Bertz CT molecular complexity index is 638. The number of rotatable bonds is 7. The van der Waals surface area contributed by atoms with Gasteiger partial charge in [-0.3, -0.25) is 20.1 Å². The second kappa shape index (κ2) is 9.07. The number of carboxylic acid groups (broad SMARTS) is 1. The first-order valence-corrected chi connectivity index (χ1v) is 8.84. The van der Waals surface area contributed by atoms with Crippen LogP contribution in [0.25, 0.3) is 0 Å². The monoisotopic (exact) mass is 381 g/mol. The van der Waals surface area contributed by atoms with Gasteiger partial charge in [-0.25, -0.2) is 15.4 Å². The van der Waals surface area contributed by atoms with E-state index in [9.17, 15) is 14.7 Å². The number of anilines is 1. The van der Waals surface area contributed by atoms with Crippen molar-refractivity contribution >= 4 is 17.8 Å². The van der Waals surface area contributed by atoms with Gasteiger partial charge in [0, 0.05) is 31.5 Å². The van der Waals surface area contributed by atoms with Gasteiger partial charge in [0.05, 0.1) is 17.8 Å². The summed E-state index contributed by atoms with van der Waals surface area (Å²) < 4.78 is 5.60. The molecule has 0 aromatic carbocycles. The molecule has 2 heterocycles. The first kappa shape index (κ1) is 21.0. The van der Waals surface area contributed by atoms with Gasteiger partial charge in [-0.05, 0) is 33.6 Å². The van der Waals surface area contributed by atoms with Crippen molar-refractivity contribution in [2.24, 2.45) is 0 Å². The molecular formula is C17H27N5O5. The van der Waals surface area contributed by atoms with Gasteiger partial charge in [0.25, 0.3) is 5.91 Å². The zero-order valence-corrected chi connectivity index (χ0v) is 15.8. The highest BCUT2D eigenvalue weighted by Crippen LogP contribution is 2.17. The van der Waals surface area contributed by atoms with E-state index in [-0.39, 0.29) is 18.2 Å². The van der Waals surface area contributed by atoms with Crippen molar-refractivity contribution in [3.05, 3.63) is 18.0 Å². The Morgan fingerprint density at radius 1 is 1.30 bits per heavy atom. The Labute approximate surface area is 157 Å². The zero-order valence-electron chi connectivity index (χ0n) is 15.8. The van der Waals surface area contributed by atoms with E-state index in [0.717, 1.165) is 12.8 Å². The van der Waals surface area contributed by atoms with E-state index in [0.29, 0.717) is 19.0 Å². The summed E-state index contributed by atoms with van der Waals surface area (Å²) in [5, 5.41) is 21.2. The smallest absolute Gasteiger partial charge is 0.323 e. The molecular weight excluding hydrogens is 354 g/mol. The minimum absolute atomic E-state index is 0.0605. The van der Waals surface area contributed by atoms with Crippen molar-refractivity contribution in [2.75, 3.05) is 24.6 Å². The summed E-state index contributed by atoms with van der Waals surface area (Å²) in [6.07, 6.45) is 4.17. The third-order valence-electron chi connectivity index (χ3n) is 4.20. The van der Waals surface area contributed by atoms with Crippen LogP contribution in [-0.2, 0) is 9.53 Å². The van der Waals surface area contributed by atoms with E-state index in [1.807, 2.05) is 25.7 Å². The summed E-state index contributed by atoms with van der Waals surface area (Å²) in [5.41, 5.74) is 1.31. The van der Waals surface area contributed by atoms with Crippen LogP contribution in [0, 0.1) is 0 Å². The van der Waals surface area contributed by atoms with Gasteiger partial charge >= 0.3 is 5.97 Å². The molecule has 1 aromatic heterocycles. The number of carbonyl (C=O) groups is 2. The van der Waals surface area contributed by atoms with Crippen LogP contribution >= 0.6 is 0 Å². The minimum atomic E-state index is -0.928. The van der Waals surface area contributed by atoms with Crippen molar-refractivity contribution in [1.82, 2.24) is 20.8 Å². The Kier molecular flexibility index (Phi) is 7.05.